The molecule has 0 aliphatic carbocycles. The van der Waals surface area contributed by atoms with Crippen molar-refractivity contribution in [3.05, 3.63) is 22.3 Å². The number of aromatic nitrogens is 1. The molecule has 0 bridgehead atoms. The largest absolute Gasteiger partial charge is 0.358 e. The van der Waals surface area contributed by atoms with Gasteiger partial charge >= 0.3 is 0 Å². The van der Waals surface area contributed by atoms with Crippen LogP contribution < -0.4 is 5.32 Å². The summed E-state index contributed by atoms with van der Waals surface area (Å²) < 4.78 is 0. The van der Waals surface area contributed by atoms with Crippen LogP contribution in [0, 0.1) is 35.0 Å². The number of halogens is 1. The predicted molar refractivity (Wildman–Crippen MR) is 56.0 cm³/mol. The van der Waals surface area contributed by atoms with E-state index in [9.17, 15) is 0 Å². The summed E-state index contributed by atoms with van der Waals surface area (Å²) in [5.74, 6) is 2.64. The third-order valence-corrected chi connectivity index (χ3v) is 1.86. The van der Waals surface area contributed by atoms with Crippen molar-refractivity contribution in [1.29, 1.82) is 10.5 Å². The molecule has 1 rings (SSSR count). The number of pyridine rings is 1. The van der Waals surface area contributed by atoms with E-state index in [1.54, 1.807) is 0 Å². The van der Waals surface area contributed by atoms with Crippen molar-refractivity contribution in [3.8, 4) is 24.5 Å². The minimum absolute atomic E-state index is 0.0519. The van der Waals surface area contributed by atoms with E-state index in [2.05, 4.69) is 16.2 Å². The molecular formula is C10H5ClN4. The molecule has 4 nitrogen and oxygen atoms in total. The van der Waals surface area contributed by atoms with Gasteiger partial charge in [-0.15, -0.1) is 6.42 Å². The first-order chi connectivity index (χ1) is 7.22. The summed E-state index contributed by atoms with van der Waals surface area (Å²) in [5.41, 5.74) is 0.408. The Bertz CT molecular complexity index is 502. The Morgan fingerprint density at radius 2 is 2.07 bits per heavy atom. The highest BCUT2D eigenvalue weighted by molar-refractivity contribution is 6.30. The average molecular weight is 217 g/mol. The molecule has 72 valence electrons. The maximum atomic E-state index is 8.79. The highest BCUT2D eigenvalue weighted by Crippen LogP contribution is 2.19. The van der Waals surface area contributed by atoms with E-state index in [1.165, 1.54) is 6.07 Å². The Kier molecular flexibility index (Phi) is 3.52. The number of nitrogens with zero attached hydrogens (tertiary/aromatic N) is 3. The van der Waals surface area contributed by atoms with Crippen molar-refractivity contribution in [1.82, 2.24) is 4.98 Å². The normalized spacial score (nSPS) is 8.40. The minimum Gasteiger partial charge on any atom is -0.358 e. The Morgan fingerprint density at radius 3 is 2.60 bits per heavy atom. The molecular weight excluding hydrogens is 212 g/mol. The zero-order valence-corrected chi connectivity index (χ0v) is 8.34. The van der Waals surface area contributed by atoms with Gasteiger partial charge in [0.1, 0.15) is 23.1 Å². The molecule has 0 saturated heterocycles. The number of rotatable bonds is 2. The summed E-state index contributed by atoms with van der Waals surface area (Å²) in [6, 6.07) is 5.11. The number of terminal acetylenes is 1. The number of hydrogen-bond acceptors (Lipinski definition) is 4. The van der Waals surface area contributed by atoms with Crippen LogP contribution in [-0.4, -0.2) is 11.5 Å². The van der Waals surface area contributed by atoms with Gasteiger partial charge < -0.3 is 5.32 Å². The average Bonchev–Trinajstić information content (AvgIpc) is 2.26. The molecule has 15 heavy (non-hydrogen) atoms. The summed E-state index contributed by atoms with van der Waals surface area (Å²) in [6.45, 7) is 0.240. The fraction of sp³-hybridized carbons (Fsp3) is 0.100. The topological polar surface area (TPSA) is 72.5 Å². The maximum Gasteiger partial charge on any atom is 0.149 e. The molecule has 0 spiro atoms. The molecule has 0 amide bonds. The minimum atomic E-state index is 0.0519. The predicted octanol–water partition coefficient (Wildman–Crippen LogP) is 1.52. The molecule has 0 aliphatic heterocycles. The van der Waals surface area contributed by atoms with Crippen LogP contribution in [0.1, 0.15) is 11.1 Å². The lowest BCUT2D eigenvalue weighted by molar-refractivity contribution is 1.22. The Balaban J connectivity index is 3.20. The van der Waals surface area contributed by atoms with E-state index in [-0.39, 0.29) is 22.8 Å². The van der Waals surface area contributed by atoms with Gasteiger partial charge in [-0.05, 0) is 6.07 Å². The molecule has 5 heteroatoms. The lowest BCUT2D eigenvalue weighted by Gasteiger charge is -2.04. The van der Waals surface area contributed by atoms with Crippen molar-refractivity contribution >= 4 is 17.4 Å². The van der Waals surface area contributed by atoms with Crippen LogP contribution in [0.4, 0.5) is 5.82 Å². The highest BCUT2D eigenvalue weighted by Gasteiger charge is 2.09. The second-order valence-electron chi connectivity index (χ2n) is 2.50. The van der Waals surface area contributed by atoms with Crippen LogP contribution in [0.2, 0.25) is 5.15 Å². The van der Waals surface area contributed by atoms with Gasteiger partial charge in [0.05, 0.1) is 17.7 Å². The molecule has 0 radical (unpaired) electrons. The molecule has 1 N–H and O–H groups in total. The summed E-state index contributed by atoms with van der Waals surface area (Å²) in [7, 11) is 0. The molecule has 0 aliphatic rings. The number of anilines is 1. The zero-order chi connectivity index (χ0) is 11.3. The molecule has 0 saturated carbocycles. The molecule has 0 unspecified atom stereocenters. The summed E-state index contributed by atoms with van der Waals surface area (Å²) in [6.07, 6.45) is 5.05. The van der Waals surface area contributed by atoms with Crippen LogP contribution >= 0.6 is 11.6 Å². The lowest BCUT2D eigenvalue weighted by Crippen LogP contribution is -2.04. The quantitative estimate of drug-likeness (QED) is 0.601. The van der Waals surface area contributed by atoms with Gasteiger partial charge in [-0.2, -0.15) is 10.5 Å². The van der Waals surface area contributed by atoms with E-state index in [0.29, 0.717) is 5.82 Å². The van der Waals surface area contributed by atoms with Crippen molar-refractivity contribution < 1.29 is 0 Å². The molecule has 1 aromatic heterocycles. The van der Waals surface area contributed by atoms with E-state index in [4.69, 9.17) is 28.5 Å². The van der Waals surface area contributed by atoms with Gasteiger partial charge in [-0.25, -0.2) is 4.98 Å². The van der Waals surface area contributed by atoms with E-state index >= 15 is 0 Å². The first-order valence-electron chi connectivity index (χ1n) is 3.91. The standard InChI is InChI=1S/C10H5ClN4/c1-2-3-14-10-8(6-13)4-7(5-12)9(11)15-10/h1,4H,3H2,(H,14,15). The van der Waals surface area contributed by atoms with Crippen LogP contribution in [0.15, 0.2) is 6.07 Å². The number of nitrogens with one attached hydrogen (secondary N) is 1. The van der Waals surface area contributed by atoms with Gasteiger partial charge in [0.2, 0.25) is 0 Å². The second-order valence-corrected chi connectivity index (χ2v) is 2.86. The van der Waals surface area contributed by atoms with Gasteiger partial charge in [0.15, 0.2) is 0 Å². The monoisotopic (exact) mass is 216 g/mol. The Hall–Kier alpha value is -2.22. The maximum absolute atomic E-state index is 8.79. The van der Waals surface area contributed by atoms with E-state index in [1.807, 2.05) is 12.1 Å². The third kappa shape index (κ3) is 2.38. The Labute approximate surface area is 92.1 Å². The van der Waals surface area contributed by atoms with Crippen molar-refractivity contribution in [2.75, 3.05) is 11.9 Å². The third-order valence-electron chi connectivity index (χ3n) is 1.57. The molecule has 1 heterocycles. The van der Waals surface area contributed by atoms with Crippen molar-refractivity contribution in [2.24, 2.45) is 0 Å². The molecule has 0 aromatic carbocycles. The van der Waals surface area contributed by atoms with Crippen LogP contribution in [0.25, 0.3) is 0 Å². The molecule has 0 atom stereocenters. The van der Waals surface area contributed by atoms with Crippen LogP contribution in [0.3, 0.4) is 0 Å². The summed E-state index contributed by atoms with van der Waals surface area (Å²) >= 11 is 5.70. The lowest BCUT2D eigenvalue weighted by atomic mass is 10.2. The van der Waals surface area contributed by atoms with Gasteiger partial charge in [-0.1, -0.05) is 17.5 Å². The van der Waals surface area contributed by atoms with Crippen LogP contribution in [0.5, 0.6) is 0 Å². The van der Waals surface area contributed by atoms with E-state index in [0.717, 1.165) is 0 Å². The fourth-order valence-electron chi connectivity index (χ4n) is 0.924. The number of hydrogen-bond donors (Lipinski definition) is 1. The fourth-order valence-corrected chi connectivity index (χ4v) is 1.11. The SMILES string of the molecule is C#CCNc1nc(Cl)c(C#N)cc1C#N. The summed E-state index contributed by atoms with van der Waals surface area (Å²) in [5, 5.41) is 20.3. The zero-order valence-electron chi connectivity index (χ0n) is 7.58. The van der Waals surface area contributed by atoms with Crippen molar-refractivity contribution in [2.45, 2.75) is 0 Å². The second kappa shape index (κ2) is 4.86. The Morgan fingerprint density at radius 1 is 1.40 bits per heavy atom. The first kappa shape index (κ1) is 10.9. The molecule has 0 fully saturated rings. The van der Waals surface area contributed by atoms with Crippen LogP contribution in [-0.2, 0) is 0 Å². The number of nitriles is 2. The van der Waals surface area contributed by atoms with Gasteiger partial charge in [0.25, 0.3) is 0 Å². The first-order valence-corrected chi connectivity index (χ1v) is 4.28. The van der Waals surface area contributed by atoms with Gasteiger partial charge in [0, 0.05) is 0 Å². The smallest absolute Gasteiger partial charge is 0.149 e. The van der Waals surface area contributed by atoms with Gasteiger partial charge in [-0.3, -0.25) is 0 Å². The summed E-state index contributed by atoms with van der Waals surface area (Å²) in [4.78, 5) is 3.87. The van der Waals surface area contributed by atoms with Crippen molar-refractivity contribution in [3.63, 3.8) is 0 Å². The highest BCUT2D eigenvalue weighted by atomic mass is 35.5. The molecule has 1 aromatic rings. The van der Waals surface area contributed by atoms with E-state index < -0.39 is 0 Å².